The van der Waals surface area contributed by atoms with Gasteiger partial charge in [-0.3, -0.25) is 0 Å². The molecule has 0 bridgehead atoms. The lowest BCUT2D eigenvalue weighted by molar-refractivity contribution is 0.204. The van der Waals surface area contributed by atoms with Crippen molar-refractivity contribution in [1.82, 2.24) is 5.32 Å². The first kappa shape index (κ1) is 16.1. The van der Waals surface area contributed by atoms with Crippen molar-refractivity contribution < 1.29 is 9.13 Å². The van der Waals surface area contributed by atoms with Gasteiger partial charge in [-0.25, -0.2) is 4.39 Å². The van der Waals surface area contributed by atoms with E-state index in [-0.39, 0.29) is 5.02 Å². The van der Waals surface area contributed by atoms with E-state index < -0.39 is 5.82 Å². The normalized spacial score (nSPS) is 13.1. The first-order valence-electron chi connectivity index (χ1n) is 7.03. The van der Waals surface area contributed by atoms with Crippen LogP contribution in [0.2, 0.25) is 5.02 Å². The van der Waals surface area contributed by atoms with Gasteiger partial charge in [0.15, 0.2) is 0 Å². The van der Waals surface area contributed by atoms with Gasteiger partial charge < -0.3 is 15.4 Å². The molecule has 0 spiro atoms. The summed E-state index contributed by atoms with van der Waals surface area (Å²) < 4.78 is 23.2. The van der Waals surface area contributed by atoms with E-state index in [9.17, 15) is 4.39 Å². The highest BCUT2D eigenvalue weighted by Gasteiger charge is 2.19. The van der Waals surface area contributed by atoms with Crippen molar-refractivity contribution in [2.24, 2.45) is 4.40 Å². The lowest BCUT2D eigenvalue weighted by Crippen LogP contribution is -2.34. The summed E-state index contributed by atoms with van der Waals surface area (Å²) in [6.45, 7) is 1.22. The van der Waals surface area contributed by atoms with E-state index in [0.29, 0.717) is 24.7 Å². The van der Waals surface area contributed by atoms with Gasteiger partial charge >= 0.3 is 0 Å². The highest BCUT2D eigenvalue weighted by molar-refractivity contribution is 7.98. The van der Waals surface area contributed by atoms with Gasteiger partial charge in [-0.05, 0) is 12.1 Å². The number of rotatable bonds is 4. The van der Waals surface area contributed by atoms with Crippen LogP contribution in [0.4, 0.5) is 10.1 Å². The molecule has 1 aliphatic rings. The van der Waals surface area contributed by atoms with E-state index in [1.165, 1.54) is 18.0 Å². The average molecular weight is 352 g/mol. The molecule has 1 aliphatic heterocycles. The molecule has 0 radical (unpaired) electrons. The van der Waals surface area contributed by atoms with Crippen LogP contribution in [0.3, 0.4) is 0 Å². The molecule has 23 heavy (non-hydrogen) atoms. The minimum atomic E-state index is -0.433. The van der Waals surface area contributed by atoms with Gasteiger partial charge in [-0.2, -0.15) is 4.40 Å². The second-order valence-electron chi connectivity index (χ2n) is 4.86. The first-order chi connectivity index (χ1) is 11.2. The molecule has 4 nitrogen and oxygen atoms in total. The van der Waals surface area contributed by atoms with E-state index in [1.807, 2.05) is 18.2 Å². The number of methoxy groups -OCH3 is 1. The summed E-state index contributed by atoms with van der Waals surface area (Å²) in [6, 6.07) is 10.6. The van der Waals surface area contributed by atoms with Crippen LogP contribution >= 0.6 is 23.5 Å². The molecule has 0 unspecified atom stereocenters. The fourth-order valence-electron chi connectivity index (χ4n) is 2.26. The molecule has 2 N–H and O–H groups in total. The van der Waals surface area contributed by atoms with Crippen LogP contribution in [0.1, 0.15) is 0 Å². The van der Waals surface area contributed by atoms with Crippen molar-refractivity contribution in [3.8, 4) is 11.1 Å². The molecule has 3 rings (SSSR count). The summed E-state index contributed by atoms with van der Waals surface area (Å²) >= 11 is 7.50. The molecule has 0 fully saturated rings. The van der Waals surface area contributed by atoms with Crippen molar-refractivity contribution in [1.29, 1.82) is 0 Å². The van der Waals surface area contributed by atoms with E-state index in [4.69, 9.17) is 16.3 Å². The van der Waals surface area contributed by atoms with Gasteiger partial charge in [0.25, 0.3) is 0 Å². The Labute approximate surface area is 143 Å². The average Bonchev–Trinajstić information content (AvgIpc) is 2.57. The monoisotopic (exact) mass is 351 g/mol. The summed E-state index contributed by atoms with van der Waals surface area (Å²) in [7, 11) is 1.64. The molecular formula is C16H15ClFN3OS. The van der Waals surface area contributed by atoms with E-state index in [2.05, 4.69) is 15.0 Å². The molecule has 1 heterocycles. The second kappa shape index (κ2) is 7.21. The summed E-state index contributed by atoms with van der Waals surface area (Å²) in [4.78, 5) is 0.958. The van der Waals surface area contributed by atoms with Crippen LogP contribution < -0.4 is 10.6 Å². The molecule has 0 aliphatic carbocycles. The maximum atomic E-state index is 13.8. The van der Waals surface area contributed by atoms with Crippen molar-refractivity contribution in [2.45, 2.75) is 4.90 Å². The molecule has 2 aromatic rings. The van der Waals surface area contributed by atoms with Crippen LogP contribution in [0, 0.1) is 5.82 Å². The molecule has 0 saturated carbocycles. The molecule has 0 atom stereocenters. The predicted octanol–water partition coefficient (Wildman–Crippen LogP) is 4.17. The van der Waals surface area contributed by atoms with Crippen LogP contribution in [0.5, 0.6) is 0 Å². The van der Waals surface area contributed by atoms with Gasteiger partial charge in [-0.15, -0.1) is 0 Å². The Morgan fingerprint density at radius 1 is 1.26 bits per heavy atom. The number of benzene rings is 2. The molecule has 2 aromatic carbocycles. The van der Waals surface area contributed by atoms with Crippen molar-refractivity contribution in [2.75, 3.05) is 25.6 Å². The lowest BCUT2D eigenvalue weighted by atomic mass is 10.0. The Morgan fingerprint density at radius 3 is 2.87 bits per heavy atom. The molecule has 120 valence electrons. The summed E-state index contributed by atoms with van der Waals surface area (Å²) in [5.74, 6) is 0.205. The third kappa shape index (κ3) is 3.44. The Bertz CT molecular complexity index is 754. The van der Waals surface area contributed by atoms with Crippen LogP contribution in [0.15, 0.2) is 45.7 Å². The quantitative estimate of drug-likeness (QED) is 0.641. The minimum Gasteiger partial charge on any atom is -0.383 e. The fourth-order valence-corrected chi connectivity index (χ4v) is 3.18. The smallest absolute Gasteiger partial charge is 0.208 e. The highest BCUT2D eigenvalue weighted by Crippen LogP contribution is 2.41. The molecule has 0 amide bonds. The minimum absolute atomic E-state index is 0.115. The molecule has 0 aromatic heterocycles. The predicted molar refractivity (Wildman–Crippen MR) is 93.6 cm³/mol. The van der Waals surface area contributed by atoms with Crippen LogP contribution in [-0.2, 0) is 4.74 Å². The standard InChI is InChI=1S/C16H15ClFN3OS/c1-22-9-8-19-16-20-15-11(5-3-7-13(15)23-21-16)10-4-2-6-12(18)14(10)17/h2-7H,8-9H2,1H3,(H2,19,20,21). The van der Waals surface area contributed by atoms with Gasteiger partial charge in [0, 0.05) is 36.7 Å². The van der Waals surface area contributed by atoms with Gasteiger partial charge in [-0.1, -0.05) is 35.9 Å². The topological polar surface area (TPSA) is 45.6 Å². The molecule has 0 saturated heterocycles. The maximum Gasteiger partial charge on any atom is 0.208 e. The number of para-hydroxylation sites is 1. The van der Waals surface area contributed by atoms with Gasteiger partial charge in [0.1, 0.15) is 5.82 Å². The largest absolute Gasteiger partial charge is 0.383 e. The molecule has 7 heteroatoms. The maximum absolute atomic E-state index is 13.8. The zero-order chi connectivity index (χ0) is 16.2. The number of guanidine groups is 1. The number of hydrogen-bond acceptors (Lipinski definition) is 5. The zero-order valence-corrected chi connectivity index (χ0v) is 14.0. The third-order valence-corrected chi connectivity index (χ3v) is 4.54. The van der Waals surface area contributed by atoms with E-state index in [0.717, 1.165) is 16.1 Å². The first-order valence-corrected chi connectivity index (χ1v) is 8.18. The number of hydrogen-bond donors (Lipinski definition) is 2. The van der Waals surface area contributed by atoms with Gasteiger partial charge in [0.05, 0.1) is 22.2 Å². The lowest BCUT2D eigenvalue weighted by Gasteiger charge is -2.21. The Balaban J connectivity index is 1.93. The number of nitrogens with zero attached hydrogens (tertiary/aromatic N) is 1. The number of halogens is 2. The fraction of sp³-hybridized carbons (Fsp3) is 0.188. The van der Waals surface area contributed by atoms with E-state index in [1.54, 1.807) is 19.2 Å². The highest BCUT2D eigenvalue weighted by atomic mass is 35.5. The number of anilines is 1. The summed E-state index contributed by atoms with van der Waals surface area (Å²) in [5.41, 5.74) is 2.34. The van der Waals surface area contributed by atoms with Crippen LogP contribution in [-0.4, -0.2) is 26.2 Å². The molecular weight excluding hydrogens is 337 g/mol. The third-order valence-electron chi connectivity index (χ3n) is 3.35. The number of fused-ring (bicyclic) bond motifs is 1. The Kier molecular flexibility index (Phi) is 5.05. The Hall–Kier alpha value is -1.76. The summed E-state index contributed by atoms with van der Waals surface area (Å²) in [5, 5.41) is 6.52. The Morgan fingerprint density at radius 2 is 2.04 bits per heavy atom. The summed E-state index contributed by atoms with van der Waals surface area (Å²) in [6.07, 6.45) is 0. The SMILES string of the molecule is COCCNC1=NSc2cccc(-c3cccc(F)c3Cl)c2N1. The van der Waals surface area contributed by atoms with E-state index >= 15 is 0 Å². The van der Waals surface area contributed by atoms with Gasteiger partial charge in [0.2, 0.25) is 5.96 Å². The second-order valence-corrected chi connectivity index (χ2v) is 6.04. The number of nitrogens with one attached hydrogen (secondary N) is 2. The number of ether oxygens (including phenoxy) is 1. The van der Waals surface area contributed by atoms with Crippen molar-refractivity contribution in [3.05, 3.63) is 47.2 Å². The zero-order valence-electron chi connectivity index (χ0n) is 12.4. The van der Waals surface area contributed by atoms with Crippen molar-refractivity contribution in [3.63, 3.8) is 0 Å². The van der Waals surface area contributed by atoms with Crippen molar-refractivity contribution >= 4 is 35.2 Å². The van der Waals surface area contributed by atoms with Crippen LogP contribution in [0.25, 0.3) is 11.1 Å².